The van der Waals surface area contributed by atoms with Crippen molar-refractivity contribution in [2.75, 3.05) is 14.1 Å². The summed E-state index contributed by atoms with van der Waals surface area (Å²) in [7, 11) is 3.41. The van der Waals surface area contributed by atoms with Gasteiger partial charge in [-0.25, -0.2) is 0 Å². The molecule has 0 saturated heterocycles. The van der Waals surface area contributed by atoms with Crippen molar-refractivity contribution in [1.29, 1.82) is 0 Å². The molecule has 3 heteroatoms. The van der Waals surface area contributed by atoms with Crippen molar-refractivity contribution in [2.45, 2.75) is 26.2 Å². The minimum atomic E-state index is -0.258. The Bertz CT molecular complexity index is 403. The van der Waals surface area contributed by atoms with E-state index in [1.54, 1.807) is 32.3 Å². The fourth-order valence-corrected chi connectivity index (χ4v) is 1.75. The second-order valence-corrected chi connectivity index (χ2v) is 5.15. The van der Waals surface area contributed by atoms with Crippen molar-refractivity contribution in [3.63, 3.8) is 0 Å². The fraction of sp³-hybridized carbons (Fsp3) is 0.462. The molecule has 0 atom stereocenters. The SMILES string of the molecule is CN(C)C(=O)c1cccc(O)c1C(C)(C)C. The molecular weight excluding hydrogens is 202 g/mol. The first-order valence-corrected chi connectivity index (χ1v) is 5.29. The molecule has 3 nitrogen and oxygen atoms in total. The molecule has 0 spiro atoms. The lowest BCUT2D eigenvalue weighted by atomic mass is 9.82. The van der Waals surface area contributed by atoms with Crippen molar-refractivity contribution in [3.8, 4) is 5.75 Å². The Kier molecular flexibility index (Phi) is 3.27. The number of hydrogen-bond donors (Lipinski definition) is 1. The minimum Gasteiger partial charge on any atom is -0.508 e. The maximum atomic E-state index is 12.0. The largest absolute Gasteiger partial charge is 0.508 e. The Morgan fingerprint density at radius 2 is 1.81 bits per heavy atom. The second kappa shape index (κ2) is 4.16. The second-order valence-electron chi connectivity index (χ2n) is 5.15. The fourth-order valence-electron chi connectivity index (χ4n) is 1.75. The van der Waals surface area contributed by atoms with E-state index in [0.717, 1.165) is 0 Å². The van der Waals surface area contributed by atoms with E-state index in [-0.39, 0.29) is 17.1 Å². The number of carbonyl (C=O) groups is 1. The van der Waals surface area contributed by atoms with Gasteiger partial charge in [-0.1, -0.05) is 26.8 Å². The average Bonchev–Trinajstić information content (AvgIpc) is 2.14. The van der Waals surface area contributed by atoms with Crippen LogP contribution in [0.4, 0.5) is 0 Å². The molecule has 16 heavy (non-hydrogen) atoms. The number of carbonyl (C=O) groups excluding carboxylic acids is 1. The Balaban J connectivity index is 3.41. The molecule has 88 valence electrons. The zero-order valence-electron chi connectivity index (χ0n) is 10.5. The predicted octanol–water partition coefficient (Wildman–Crippen LogP) is 2.39. The van der Waals surface area contributed by atoms with Crippen molar-refractivity contribution in [2.24, 2.45) is 0 Å². The molecule has 0 bridgehead atoms. The molecule has 0 unspecified atom stereocenters. The van der Waals surface area contributed by atoms with Gasteiger partial charge in [-0.2, -0.15) is 0 Å². The molecule has 0 heterocycles. The summed E-state index contributed by atoms with van der Waals surface area (Å²) in [5.41, 5.74) is 1.01. The predicted molar refractivity (Wildman–Crippen MR) is 64.8 cm³/mol. The van der Waals surface area contributed by atoms with E-state index in [2.05, 4.69) is 0 Å². The van der Waals surface area contributed by atoms with Crippen LogP contribution in [0, 0.1) is 0 Å². The maximum Gasteiger partial charge on any atom is 0.253 e. The van der Waals surface area contributed by atoms with Crippen molar-refractivity contribution >= 4 is 5.91 Å². The molecule has 1 N–H and O–H groups in total. The quantitative estimate of drug-likeness (QED) is 0.791. The van der Waals surface area contributed by atoms with Crippen LogP contribution in [0.1, 0.15) is 36.7 Å². The lowest BCUT2D eigenvalue weighted by Gasteiger charge is -2.24. The zero-order valence-corrected chi connectivity index (χ0v) is 10.5. The van der Waals surface area contributed by atoms with Crippen LogP contribution in [0.2, 0.25) is 0 Å². The summed E-state index contributed by atoms with van der Waals surface area (Å²) in [6, 6.07) is 5.07. The molecule has 1 aromatic rings. The van der Waals surface area contributed by atoms with Crippen LogP contribution < -0.4 is 0 Å². The number of aromatic hydroxyl groups is 1. The van der Waals surface area contributed by atoms with Crippen LogP contribution in [0.15, 0.2) is 18.2 Å². The van der Waals surface area contributed by atoms with Gasteiger partial charge >= 0.3 is 0 Å². The number of nitrogens with zero attached hydrogens (tertiary/aromatic N) is 1. The van der Waals surface area contributed by atoms with Gasteiger partial charge in [0.1, 0.15) is 5.75 Å². The van der Waals surface area contributed by atoms with Crippen LogP contribution in [-0.2, 0) is 5.41 Å². The van der Waals surface area contributed by atoms with Gasteiger partial charge in [-0.05, 0) is 17.5 Å². The van der Waals surface area contributed by atoms with E-state index in [1.165, 1.54) is 4.90 Å². The minimum absolute atomic E-state index is 0.0826. The van der Waals surface area contributed by atoms with Gasteiger partial charge in [0.25, 0.3) is 5.91 Å². The maximum absolute atomic E-state index is 12.0. The lowest BCUT2D eigenvalue weighted by molar-refractivity contribution is 0.0824. The number of phenols is 1. The first-order chi connectivity index (χ1) is 7.25. The summed E-state index contributed by atoms with van der Waals surface area (Å²) in [5, 5.41) is 9.89. The number of hydrogen-bond acceptors (Lipinski definition) is 2. The molecule has 1 aromatic carbocycles. The van der Waals surface area contributed by atoms with E-state index in [0.29, 0.717) is 11.1 Å². The van der Waals surface area contributed by atoms with E-state index in [1.807, 2.05) is 20.8 Å². The zero-order chi connectivity index (χ0) is 12.5. The van der Waals surface area contributed by atoms with Crippen molar-refractivity contribution in [1.82, 2.24) is 4.90 Å². The Labute approximate surface area is 96.7 Å². The molecule has 0 radical (unpaired) electrons. The number of amides is 1. The molecular formula is C13H19NO2. The third-order valence-electron chi connectivity index (χ3n) is 2.43. The monoisotopic (exact) mass is 221 g/mol. The van der Waals surface area contributed by atoms with Crippen molar-refractivity contribution in [3.05, 3.63) is 29.3 Å². The van der Waals surface area contributed by atoms with E-state index < -0.39 is 0 Å². The van der Waals surface area contributed by atoms with Gasteiger partial charge < -0.3 is 10.0 Å². The van der Waals surface area contributed by atoms with E-state index in [4.69, 9.17) is 0 Å². The third kappa shape index (κ3) is 2.35. The van der Waals surface area contributed by atoms with Crippen LogP contribution in [0.3, 0.4) is 0 Å². The topological polar surface area (TPSA) is 40.5 Å². The summed E-state index contributed by atoms with van der Waals surface area (Å²) in [5.74, 6) is 0.0982. The Morgan fingerprint density at radius 1 is 1.25 bits per heavy atom. The summed E-state index contributed by atoms with van der Waals surface area (Å²) in [6.07, 6.45) is 0. The first-order valence-electron chi connectivity index (χ1n) is 5.29. The first kappa shape index (κ1) is 12.6. The molecule has 0 aliphatic carbocycles. The highest BCUT2D eigenvalue weighted by Gasteiger charge is 2.25. The Morgan fingerprint density at radius 3 is 2.25 bits per heavy atom. The Hall–Kier alpha value is -1.51. The van der Waals surface area contributed by atoms with Crippen LogP contribution in [0.25, 0.3) is 0 Å². The van der Waals surface area contributed by atoms with Crippen LogP contribution in [0.5, 0.6) is 5.75 Å². The van der Waals surface area contributed by atoms with Crippen molar-refractivity contribution < 1.29 is 9.90 Å². The van der Waals surface area contributed by atoms with E-state index in [9.17, 15) is 9.90 Å². The molecule has 1 rings (SSSR count). The standard InChI is InChI=1S/C13H19NO2/c1-13(2,3)11-9(12(16)14(4)5)7-6-8-10(11)15/h6-8,15H,1-5H3. The average molecular weight is 221 g/mol. The van der Waals surface area contributed by atoms with Gasteiger partial charge in [0, 0.05) is 25.2 Å². The summed E-state index contributed by atoms with van der Waals surface area (Å²) in [6.45, 7) is 5.94. The lowest BCUT2D eigenvalue weighted by Crippen LogP contribution is -2.26. The molecule has 1 amide bonds. The normalized spacial score (nSPS) is 11.3. The molecule has 0 saturated carbocycles. The molecule has 0 aliphatic rings. The van der Waals surface area contributed by atoms with Crippen LogP contribution in [-0.4, -0.2) is 30.0 Å². The number of benzene rings is 1. The van der Waals surface area contributed by atoms with Gasteiger partial charge in [0.2, 0.25) is 0 Å². The number of phenolic OH excluding ortho intramolecular Hbond substituents is 1. The highest BCUT2D eigenvalue weighted by molar-refractivity contribution is 5.96. The molecule has 0 fully saturated rings. The summed E-state index contributed by atoms with van der Waals surface area (Å²) < 4.78 is 0. The highest BCUT2D eigenvalue weighted by atomic mass is 16.3. The number of rotatable bonds is 1. The third-order valence-corrected chi connectivity index (χ3v) is 2.43. The van der Waals surface area contributed by atoms with Crippen LogP contribution >= 0.6 is 0 Å². The van der Waals surface area contributed by atoms with Gasteiger partial charge in [0.15, 0.2) is 0 Å². The summed E-state index contributed by atoms with van der Waals surface area (Å²) >= 11 is 0. The van der Waals surface area contributed by atoms with E-state index >= 15 is 0 Å². The smallest absolute Gasteiger partial charge is 0.253 e. The molecule has 0 aromatic heterocycles. The highest BCUT2D eigenvalue weighted by Crippen LogP contribution is 2.33. The molecule has 0 aliphatic heterocycles. The van der Waals surface area contributed by atoms with Gasteiger partial charge in [-0.15, -0.1) is 0 Å². The van der Waals surface area contributed by atoms with Gasteiger partial charge in [-0.3, -0.25) is 4.79 Å². The summed E-state index contributed by atoms with van der Waals surface area (Å²) in [4.78, 5) is 13.5. The van der Waals surface area contributed by atoms with Gasteiger partial charge in [0.05, 0.1) is 0 Å².